The van der Waals surface area contributed by atoms with Gasteiger partial charge in [-0.3, -0.25) is 9.36 Å². The molecule has 2 aromatic carbocycles. The summed E-state index contributed by atoms with van der Waals surface area (Å²) >= 11 is 0. The Morgan fingerprint density at radius 3 is 2.43 bits per heavy atom. The Kier molecular flexibility index (Phi) is 3.28. The molecule has 0 aliphatic heterocycles. The maximum atomic E-state index is 12.1. The summed E-state index contributed by atoms with van der Waals surface area (Å²) in [5.74, 6) is -0.200. The molecule has 0 unspecified atom stereocenters. The standard InChI is InChI=1S/C17H13NO3/c1-12(19)18-11-10-13-8-5-9-15(16(13)18)21-17(20)14-6-3-2-4-7-14/h2-11H,1H3. The monoisotopic (exact) mass is 279 g/mol. The van der Waals surface area contributed by atoms with E-state index in [1.807, 2.05) is 18.2 Å². The average Bonchev–Trinajstić information content (AvgIpc) is 2.93. The van der Waals surface area contributed by atoms with Crippen molar-refractivity contribution in [3.8, 4) is 5.75 Å². The van der Waals surface area contributed by atoms with E-state index in [-0.39, 0.29) is 5.91 Å². The van der Waals surface area contributed by atoms with Gasteiger partial charge in [0.05, 0.1) is 11.1 Å². The molecule has 4 heteroatoms. The SMILES string of the molecule is CC(=O)n1ccc2cccc(OC(=O)c3ccccc3)c21. The van der Waals surface area contributed by atoms with Crippen molar-refractivity contribution in [3.63, 3.8) is 0 Å². The van der Waals surface area contributed by atoms with E-state index >= 15 is 0 Å². The van der Waals surface area contributed by atoms with Crippen LogP contribution in [0.2, 0.25) is 0 Å². The lowest BCUT2D eigenvalue weighted by molar-refractivity contribution is 0.0734. The van der Waals surface area contributed by atoms with Crippen LogP contribution in [0.15, 0.2) is 60.8 Å². The first-order valence-electron chi connectivity index (χ1n) is 6.55. The van der Waals surface area contributed by atoms with Crippen LogP contribution in [0.25, 0.3) is 10.9 Å². The molecule has 0 fully saturated rings. The summed E-state index contributed by atoms with van der Waals surface area (Å²) in [5.41, 5.74) is 1.07. The van der Waals surface area contributed by atoms with Gasteiger partial charge in [-0.05, 0) is 24.3 Å². The molecule has 0 saturated heterocycles. The number of nitrogens with zero attached hydrogens (tertiary/aromatic N) is 1. The van der Waals surface area contributed by atoms with Crippen LogP contribution in [-0.2, 0) is 0 Å². The van der Waals surface area contributed by atoms with Gasteiger partial charge in [0.25, 0.3) is 0 Å². The molecule has 21 heavy (non-hydrogen) atoms. The minimum Gasteiger partial charge on any atom is -0.421 e. The Morgan fingerprint density at radius 2 is 1.71 bits per heavy atom. The predicted molar refractivity (Wildman–Crippen MR) is 79.6 cm³/mol. The average molecular weight is 279 g/mol. The molecular weight excluding hydrogens is 266 g/mol. The van der Waals surface area contributed by atoms with Gasteiger partial charge in [-0.2, -0.15) is 0 Å². The van der Waals surface area contributed by atoms with Crippen molar-refractivity contribution >= 4 is 22.8 Å². The van der Waals surface area contributed by atoms with E-state index in [0.717, 1.165) is 5.39 Å². The number of esters is 1. The van der Waals surface area contributed by atoms with Gasteiger partial charge in [-0.25, -0.2) is 4.79 Å². The Bertz CT molecular complexity index is 818. The number of hydrogen-bond donors (Lipinski definition) is 0. The van der Waals surface area contributed by atoms with Crippen LogP contribution in [0.5, 0.6) is 5.75 Å². The van der Waals surface area contributed by atoms with Crippen LogP contribution in [0.4, 0.5) is 0 Å². The fourth-order valence-electron chi connectivity index (χ4n) is 2.24. The summed E-state index contributed by atoms with van der Waals surface area (Å²) < 4.78 is 6.93. The predicted octanol–water partition coefficient (Wildman–Crippen LogP) is 3.52. The minimum atomic E-state index is -0.445. The van der Waals surface area contributed by atoms with Gasteiger partial charge in [0, 0.05) is 18.5 Å². The molecule has 3 aromatic rings. The second-order valence-electron chi connectivity index (χ2n) is 4.65. The van der Waals surface area contributed by atoms with Gasteiger partial charge < -0.3 is 4.74 Å². The van der Waals surface area contributed by atoms with Gasteiger partial charge in [-0.15, -0.1) is 0 Å². The summed E-state index contributed by atoms with van der Waals surface area (Å²) in [6, 6.07) is 15.9. The molecule has 0 bridgehead atoms. The van der Waals surface area contributed by atoms with Gasteiger partial charge in [0.1, 0.15) is 0 Å². The third kappa shape index (κ3) is 2.43. The maximum absolute atomic E-state index is 12.1. The van der Waals surface area contributed by atoms with Crippen LogP contribution in [0.1, 0.15) is 22.1 Å². The van der Waals surface area contributed by atoms with Crippen molar-refractivity contribution in [1.82, 2.24) is 4.57 Å². The smallest absolute Gasteiger partial charge is 0.343 e. The van der Waals surface area contributed by atoms with E-state index in [0.29, 0.717) is 16.8 Å². The highest BCUT2D eigenvalue weighted by Gasteiger charge is 2.14. The molecular formula is C17H13NO3. The second-order valence-corrected chi connectivity index (χ2v) is 4.65. The number of rotatable bonds is 2. The third-order valence-electron chi connectivity index (χ3n) is 3.23. The Morgan fingerprint density at radius 1 is 0.952 bits per heavy atom. The molecule has 4 nitrogen and oxygen atoms in total. The van der Waals surface area contributed by atoms with Crippen LogP contribution in [0.3, 0.4) is 0 Å². The zero-order valence-corrected chi connectivity index (χ0v) is 11.4. The molecule has 1 aromatic heterocycles. The molecule has 0 atom stereocenters. The number of ether oxygens (including phenoxy) is 1. The van der Waals surface area contributed by atoms with Crippen molar-refractivity contribution in [2.24, 2.45) is 0 Å². The highest BCUT2D eigenvalue weighted by molar-refractivity contribution is 5.98. The van der Waals surface area contributed by atoms with Crippen molar-refractivity contribution in [3.05, 3.63) is 66.4 Å². The van der Waals surface area contributed by atoms with Crippen molar-refractivity contribution < 1.29 is 14.3 Å². The molecule has 0 amide bonds. The summed E-state index contributed by atoms with van der Waals surface area (Å²) in [6.07, 6.45) is 1.67. The maximum Gasteiger partial charge on any atom is 0.343 e. The molecule has 0 N–H and O–H groups in total. The fraction of sp³-hybridized carbons (Fsp3) is 0.0588. The first-order valence-corrected chi connectivity index (χ1v) is 6.55. The fourth-order valence-corrected chi connectivity index (χ4v) is 2.24. The lowest BCUT2D eigenvalue weighted by atomic mass is 10.2. The van der Waals surface area contributed by atoms with Crippen molar-refractivity contribution in [2.75, 3.05) is 0 Å². The second kappa shape index (κ2) is 5.25. The van der Waals surface area contributed by atoms with E-state index in [1.165, 1.54) is 11.5 Å². The quantitative estimate of drug-likeness (QED) is 0.532. The number of aromatic nitrogens is 1. The Labute approximate surface area is 121 Å². The molecule has 0 aliphatic rings. The number of hydrogen-bond acceptors (Lipinski definition) is 3. The summed E-state index contributed by atoms with van der Waals surface area (Å²) in [7, 11) is 0. The molecule has 0 spiro atoms. The lowest BCUT2D eigenvalue weighted by Crippen LogP contribution is -2.10. The molecule has 3 rings (SSSR count). The van der Waals surface area contributed by atoms with Crippen molar-refractivity contribution in [2.45, 2.75) is 6.92 Å². The molecule has 1 heterocycles. The first-order chi connectivity index (χ1) is 10.2. The molecule has 0 aliphatic carbocycles. The Balaban J connectivity index is 2.03. The first kappa shape index (κ1) is 13.1. The summed E-state index contributed by atoms with van der Waals surface area (Å²) in [5, 5.41) is 0.851. The molecule has 0 saturated carbocycles. The van der Waals surface area contributed by atoms with E-state index in [9.17, 15) is 9.59 Å². The zero-order chi connectivity index (χ0) is 14.8. The van der Waals surface area contributed by atoms with Crippen LogP contribution in [0, 0.1) is 0 Å². The highest BCUT2D eigenvalue weighted by atomic mass is 16.5. The number of benzene rings is 2. The number of carbonyl (C=O) groups excluding carboxylic acids is 2. The zero-order valence-electron chi connectivity index (χ0n) is 11.4. The largest absolute Gasteiger partial charge is 0.421 e. The van der Waals surface area contributed by atoms with E-state index in [1.54, 1.807) is 42.6 Å². The third-order valence-corrected chi connectivity index (χ3v) is 3.23. The van der Waals surface area contributed by atoms with Crippen molar-refractivity contribution in [1.29, 1.82) is 0 Å². The van der Waals surface area contributed by atoms with Crippen LogP contribution in [-0.4, -0.2) is 16.4 Å². The number of para-hydroxylation sites is 1. The van der Waals surface area contributed by atoms with E-state index in [4.69, 9.17) is 4.74 Å². The molecule has 104 valence electrons. The van der Waals surface area contributed by atoms with Gasteiger partial charge in [0.2, 0.25) is 5.91 Å². The topological polar surface area (TPSA) is 48.3 Å². The number of fused-ring (bicyclic) bond motifs is 1. The van der Waals surface area contributed by atoms with Gasteiger partial charge >= 0.3 is 5.97 Å². The lowest BCUT2D eigenvalue weighted by Gasteiger charge is -2.08. The van der Waals surface area contributed by atoms with Gasteiger partial charge in [0.15, 0.2) is 5.75 Å². The number of carbonyl (C=O) groups is 2. The van der Waals surface area contributed by atoms with E-state index < -0.39 is 5.97 Å². The highest BCUT2D eigenvalue weighted by Crippen LogP contribution is 2.27. The molecule has 0 radical (unpaired) electrons. The normalized spacial score (nSPS) is 10.5. The summed E-state index contributed by atoms with van der Waals surface area (Å²) in [6.45, 7) is 1.47. The minimum absolute atomic E-state index is 0.131. The van der Waals surface area contributed by atoms with Gasteiger partial charge in [-0.1, -0.05) is 30.3 Å². The Hall–Kier alpha value is -2.88. The summed E-state index contributed by atoms with van der Waals surface area (Å²) in [4.78, 5) is 23.8. The van der Waals surface area contributed by atoms with Crippen LogP contribution >= 0.6 is 0 Å². The van der Waals surface area contributed by atoms with E-state index in [2.05, 4.69) is 0 Å². The van der Waals surface area contributed by atoms with Crippen LogP contribution < -0.4 is 4.74 Å².